The van der Waals surface area contributed by atoms with E-state index in [0.29, 0.717) is 32.1 Å². The number of benzene rings is 2. The Balaban J connectivity index is 1.60. The highest BCUT2D eigenvalue weighted by molar-refractivity contribution is 9.10. The molecule has 2 heterocycles. The van der Waals surface area contributed by atoms with Gasteiger partial charge in [0.15, 0.2) is 23.0 Å². The van der Waals surface area contributed by atoms with Crippen molar-refractivity contribution in [1.29, 1.82) is 5.26 Å². The summed E-state index contributed by atoms with van der Waals surface area (Å²) < 4.78 is 21.2. The van der Waals surface area contributed by atoms with Crippen LogP contribution in [0.25, 0.3) is 11.0 Å². The van der Waals surface area contributed by atoms with Gasteiger partial charge in [0.05, 0.1) is 27.7 Å². The summed E-state index contributed by atoms with van der Waals surface area (Å²) in [5, 5.41) is 27.8. The molecule has 0 amide bonds. The van der Waals surface area contributed by atoms with Crippen molar-refractivity contribution < 1.29 is 9.13 Å². The number of aromatic amines is 1. The summed E-state index contributed by atoms with van der Waals surface area (Å²) in [6.45, 7) is 0.163. The van der Waals surface area contributed by atoms with Gasteiger partial charge in [0.2, 0.25) is 0 Å². The van der Waals surface area contributed by atoms with Crippen molar-refractivity contribution >= 4 is 44.4 Å². The fraction of sp³-hybridized carbons (Fsp3) is 0.0526. The van der Waals surface area contributed by atoms with E-state index >= 15 is 4.39 Å². The standard InChI is InChI=1S/C19H11BrClFN6O/c20-15-2-1-11(9-24-18-14-3-4-25-26-19(14)28-27-18)16(22)17(15)29-13-6-10(8-23)5-12(21)7-13/h1-7H,9H2,(H2,24,26,27,28). The van der Waals surface area contributed by atoms with Crippen LogP contribution < -0.4 is 10.1 Å². The number of ether oxygens (including phenoxy) is 1. The van der Waals surface area contributed by atoms with Crippen molar-refractivity contribution in [2.45, 2.75) is 6.54 Å². The van der Waals surface area contributed by atoms with Gasteiger partial charge in [-0.05, 0) is 46.3 Å². The van der Waals surface area contributed by atoms with E-state index in [1.54, 1.807) is 24.4 Å². The molecule has 0 bridgehead atoms. The van der Waals surface area contributed by atoms with Crippen LogP contribution in [0.15, 0.2) is 47.1 Å². The maximum Gasteiger partial charge on any atom is 0.180 e. The first-order valence-corrected chi connectivity index (χ1v) is 9.47. The lowest BCUT2D eigenvalue weighted by Gasteiger charge is -2.13. The molecule has 2 aromatic carbocycles. The maximum absolute atomic E-state index is 15.1. The zero-order valence-corrected chi connectivity index (χ0v) is 16.9. The number of anilines is 1. The van der Waals surface area contributed by atoms with E-state index in [2.05, 4.69) is 41.6 Å². The van der Waals surface area contributed by atoms with Gasteiger partial charge < -0.3 is 10.1 Å². The zero-order valence-electron chi connectivity index (χ0n) is 14.6. The third-order valence-electron chi connectivity index (χ3n) is 4.05. The van der Waals surface area contributed by atoms with Crippen LogP contribution in [0.4, 0.5) is 10.2 Å². The molecule has 0 radical (unpaired) electrons. The maximum atomic E-state index is 15.1. The summed E-state index contributed by atoms with van der Waals surface area (Å²) in [6.07, 6.45) is 1.55. The molecule has 7 nitrogen and oxygen atoms in total. The van der Waals surface area contributed by atoms with Crippen molar-refractivity contribution in [3.05, 3.63) is 69.0 Å². The Hall–Kier alpha value is -3.22. The fourth-order valence-corrected chi connectivity index (χ4v) is 3.31. The summed E-state index contributed by atoms with van der Waals surface area (Å²) in [4.78, 5) is 0. The number of nitriles is 1. The Kier molecular flexibility index (Phi) is 5.29. The minimum Gasteiger partial charge on any atom is -0.453 e. The second-order valence-electron chi connectivity index (χ2n) is 5.96. The summed E-state index contributed by atoms with van der Waals surface area (Å²) in [6, 6.07) is 11.5. The molecule has 0 aliphatic rings. The van der Waals surface area contributed by atoms with Gasteiger partial charge >= 0.3 is 0 Å². The number of nitrogens with zero attached hydrogens (tertiary/aromatic N) is 4. The summed E-state index contributed by atoms with van der Waals surface area (Å²) in [5.41, 5.74) is 1.21. The van der Waals surface area contributed by atoms with Gasteiger partial charge in [-0.1, -0.05) is 17.7 Å². The van der Waals surface area contributed by atoms with Crippen LogP contribution in [0.1, 0.15) is 11.1 Å². The average molecular weight is 474 g/mol. The summed E-state index contributed by atoms with van der Waals surface area (Å²) in [7, 11) is 0. The molecule has 4 aromatic rings. The molecular formula is C19H11BrClFN6O. The average Bonchev–Trinajstić information content (AvgIpc) is 3.13. The Morgan fingerprint density at radius 3 is 2.97 bits per heavy atom. The van der Waals surface area contributed by atoms with E-state index in [-0.39, 0.29) is 18.0 Å². The Labute approximate surface area is 177 Å². The van der Waals surface area contributed by atoms with Crippen molar-refractivity contribution in [2.75, 3.05) is 5.32 Å². The predicted octanol–water partition coefficient (Wildman–Crippen LogP) is 5.18. The van der Waals surface area contributed by atoms with Gasteiger partial charge in [-0.3, -0.25) is 5.10 Å². The van der Waals surface area contributed by atoms with Crippen LogP contribution in [0.3, 0.4) is 0 Å². The summed E-state index contributed by atoms with van der Waals surface area (Å²) in [5.74, 6) is 0.238. The second kappa shape index (κ2) is 8.03. The molecule has 2 N–H and O–H groups in total. The molecule has 0 aliphatic heterocycles. The quantitative estimate of drug-likeness (QED) is 0.414. The van der Waals surface area contributed by atoms with E-state index in [1.165, 1.54) is 18.2 Å². The zero-order chi connectivity index (χ0) is 20.4. The molecule has 0 saturated heterocycles. The third kappa shape index (κ3) is 3.99. The molecule has 10 heteroatoms. The van der Waals surface area contributed by atoms with Gasteiger partial charge in [0, 0.05) is 17.1 Å². The number of rotatable bonds is 5. The molecule has 0 saturated carbocycles. The first-order chi connectivity index (χ1) is 14.0. The molecule has 2 aromatic heterocycles. The number of hydrogen-bond donors (Lipinski definition) is 2. The van der Waals surface area contributed by atoms with Crippen LogP contribution in [0.2, 0.25) is 5.02 Å². The van der Waals surface area contributed by atoms with E-state index in [4.69, 9.17) is 21.6 Å². The molecule has 144 valence electrons. The SMILES string of the molecule is N#Cc1cc(Cl)cc(Oc2c(Br)ccc(CNc3n[nH]c4nnccc34)c2F)c1. The fourth-order valence-electron chi connectivity index (χ4n) is 2.70. The van der Waals surface area contributed by atoms with Gasteiger partial charge in [0.25, 0.3) is 0 Å². The largest absolute Gasteiger partial charge is 0.453 e. The number of hydrogen-bond acceptors (Lipinski definition) is 6. The highest BCUT2D eigenvalue weighted by Crippen LogP contribution is 2.35. The topological polar surface area (TPSA) is 99.5 Å². The lowest BCUT2D eigenvalue weighted by molar-refractivity contribution is 0.436. The van der Waals surface area contributed by atoms with E-state index in [0.717, 1.165) is 5.39 Å². The minimum absolute atomic E-state index is 0.00629. The molecule has 4 rings (SSSR count). The van der Waals surface area contributed by atoms with Gasteiger partial charge in [0.1, 0.15) is 5.75 Å². The Morgan fingerprint density at radius 1 is 1.28 bits per heavy atom. The van der Waals surface area contributed by atoms with Crippen molar-refractivity contribution in [1.82, 2.24) is 20.4 Å². The third-order valence-corrected chi connectivity index (χ3v) is 4.89. The second-order valence-corrected chi connectivity index (χ2v) is 7.25. The molecule has 0 spiro atoms. The molecular weight excluding hydrogens is 463 g/mol. The predicted molar refractivity (Wildman–Crippen MR) is 109 cm³/mol. The monoisotopic (exact) mass is 472 g/mol. The molecule has 0 aliphatic carbocycles. The van der Waals surface area contributed by atoms with E-state index < -0.39 is 5.82 Å². The normalized spacial score (nSPS) is 10.7. The molecule has 0 unspecified atom stereocenters. The van der Waals surface area contributed by atoms with Crippen molar-refractivity contribution in [3.8, 4) is 17.6 Å². The number of halogens is 3. The highest BCUT2D eigenvalue weighted by atomic mass is 79.9. The first kappa shape index (κ1) is 19.1. The minimum atomic E-state index is -0.551. The van der Waals surface area contributed by atoms with Crippen LogP contribution >= 0.6 is 27.5 Å². The lowest BCUT2D eigenvalue weighted by Crippen LogP contribution is -2.04. The van der Waals surface area contributed by atoms with Crippen LogP contribution in [-0.2, 0) is 6.54 Å². The van der Waals surface area contributed by atoms with E-state index in [1.807, 2.05) is 6.07 Å². The molecule has 29 heavy (non-hydrogen) atoms. The smallest absolute Gasteiger partial charge is 0.180 e. The number of aromatic nitrogens is 4. The molecule has 0 atom stereocenters. The first-order valence-electron chi connectivity index (χ1n) is 8.30. The van der Waals surface area contributed by atoms with Crippen LogP contribution in [0, 0.1) is 17.1 Å². The van der Waals surface area contributed by atoms with Crippen molar-refractivity contribution in [2.24, 2.45) is 0 Å². The van der Waals surface area contributed by atoms with Crippen LogP contribution in [-0.4, -0.2) is 20.4 Å². The van der Waals surface area contributed by atoms with Gasteiger partial charge in [-0.15, -0.1) is 5.10 Å². The van der Waals surface area contributed by atoms with Crippen molar-refractivity contribution in [3.63, 3.8) is 0 Å². The van der Waals surface area contributed by atoms with E-state index in [9.17, 15) is 0 Å². The molecule has 0 fully saturated rings. The highest BCUT2D eigenvalue weighted by Gasteiger charge is 2.16. The van der Waals surface area contributed by atoms with Gasteiger partial charge in [-0.2, -0.15) is 15.5 Å². The lowest BCUT2D eigenvalue weighted by atomic mass is 10.2. The number of fused-ring (bicyclic) bond motifs is 1. The summed E-state index contributed by atoms with van der Waals surface area (Å²) >= 11 is 9.29. The Bertz CT molecular complexity index is 1260. The Morgan fingerprint density at radius 2 is 2.14 bits per heavy atom. The van der Waals surface area contributed by atoms with Crippen LogP contribution in [0.5, 0.6) is 11.5 Å². The number of H-pyrrole nitrogens is 1. The number of nitrogens with one attached hydrogen (secondary N) is 2. The van der Waals surface area contributed by atoms with Gasteiger partial charge in [-0.25, -0.2) is 4.39 Å².